The Morgan fingerprint density at radius 2 is 1.96 bits per heavy atom. The fraction of sp³-hybridized carbons (Fsp3) is 0.632. The van der Waals surface area contributed by atoms with Crippen molar-refractivity contribution in [3.63, 3.8) is 0 Å². The van der Waals surface area contributed by atoms with Gasteiger partial charge in [-0.1, -0.05) is 6.07 Å². The highest BCUT2D eigenvalue weighted by Gasteiger charge is 2.30. The maximum Gasteiger partial charge on any atom is 0.120 e. The Hall–Kier alpha value is -1.61. The van der Waals surface area contributed by atoms with Gasteiger partial charge in [-0.25, -0.2) is 0 Å². The number of aliphatic hydroxyl groups is 1. The summed E-state index contributed by atoms with van der Waals surface area (Å²) in [6.07, 6.45) is 4.81. The normalized spacial score (nSPS) is 25.0. The van der Waals surface area contributed by atoms with Crippen LogP contribution in [0.15, 0.2) is 24.3 Å². The second-order valence-electron chi connectivity index (χ2n) is 6.79. The van der Waals surface area contributed by atoms with E-state index in [9.17, 15) is 5.11 Å². The summed E-state index contributed by atoms with van der Waals surface area (Å²) in [5.41, 5.74) is 0.635. The van der Waals surface area contributed by atoms with Crippen LogP contribution < -0.4 is 4.74 Å². The Bertz CT molecular complexity index is 572. The number of likely N-dealkylation sites (tertiary alicyclic amines) is 2. The molecule has 3 rings (SSSR count). The van der Waals surface area contributed by atoms with E-state index in [1.165, 1.54) is 19.3 Å². The minimum Gasteiger partial charge on any atom is -0.492 e. The van der Waals surface area contributed by atoms with Gasteiger partial charge in [0.2, 0.25) is 0 Å². The van der Waals surface area contributed by atoms with Crippen LogP contribution in [0.3, 0.4) is 0 Å². The lowest BCUT2D eigenvalue weighted by molar-refractivity contribution is 0.115. The van der Waals surface area contributed by atoms with Gasteiger partial charge in [0.05, 0.1) is 18.2 Å². The van der Waals surface area contributed by atoms with Gasteiger partial charge in [0.15, 0.2) is 0 Å². The van der Waals surface area contributed by atoms with Crippen molar-refractivity contribution < 1.29 is 9.84 Å². The number of benzene rings is 1. The molecule has 5 heteroatoms. The summed E-state index contributed by atoms with van der Waals surface area (Å²) in [7, 11) is 0. The van der Waals surface area contributed by atoms with Crippen LogP contribution in [0, 0.1) is 11.3 Å². The lowest BCUT2D eigenvalue weighted by atomic mass is 10.2. The van der Waals surface area contributed by atoms with Gasteiger partial charge in [0.1, 0.15) is 12.4 Å². The molecule has 1 N–H and O–H groups in total. The average Bonchev–Trinajstić information content (AvgIpc) is 3.25. The third-order valence-electron chi connectivity index (χ3n) is 5.26. The summed E-state index contributed by atoms with van der Waals surface area (Å²) in [6.45, 7) is 5.16. The zero-order valence-corrected chi connectivity index (χ0v) is 14.2. The molecule has 0 aromatic heterocycles. The summed E-state index contributed by atoms with van der Waals surface area (Å²) in [6, 6.07) is 10.4. The molecule has 1 aromatic carbocycles. The highest BCUT2D eigenvalue weighted by molar-refractivity contribution is 5.36. The molecule has 2 aliphatic rings. The van der Waals surface area contributed by atoms with Crippen LogP contribution in [0.1, 0.15) is 31.2 Å². The van der Waals surface area contributed by atoms with E-state index in [1.807, 2.05) is 12.1 Å². The Morgan fingerprint density at radius 1 is 1.17 bits per heavy atom. The van der Waals surface area contributed by atoms with Gasteiger partial charge >= 0.3 is 0 Å². The van der Waals surface area contributed by atoms with Crippen molar-refractivity contribution in [2.45, 2.75) is 37.8 Å². The predicted molar refractivity (Wildman–Crippen MR) is 92.9 cm³/mol. The molecule has 2 fully saturated rings. The van der Waals surface area contributed by atoms with Crippen molar-refractivity contribution in [3.05, 3.63) is 29.8 Å². The number of hydrogen-bond acceptors (Lipinski definition) is 5. The molecule has 24 heavy (non-hydrogen) atoms. The topological polar surface area (TPSA) is 59.7 Å². The maximum absolute atomic E-state index is 9.49. The maximum atomic E-state index is 9.49. The van der Waals surface area contributed by atoms with Gasteiger partial charge in [-0.05, 0) is 57.0 Å². The van der Waals surface area contributed by atoms with Gasteiger partial charge in [0, 0.05) is 25.2 Å². The molecule has 0 aliphatic carbocycles. The first-order valence-corrected chi connectivity index (χ1v) is 9.02. The lowest BCUT2D eigenvalue weighted by Crippen LogP contribution is -2.44. The van der Waals surface area contributed by atoms with E-state index in [0.29, 0.717) is 24.3 Å². The molecule has 2 unspecified atom stereocenters. The van der Waals surface area contributed by atoms with Gasteiger partial charge in [0.25, 0.3) is 0 Å². The van der Waals surface area contributed by atoms with Gasteiger partial charge < -0.3 is 9.84 Å². The summed E-state index contributed by atoms with van der Waals surface area (Å²) >= 11 is 0. The quantitative estimate of drug-likeness (QED) is 0.827. The van der Waals surface area contributed by atoms with E-state index in [2.05, 4.69) is 15.9 Å². The zero-order valence-electron chi connectivity index (χ0n) is 14.2. The summed E-state index contributed by atoms with van der Waals surface area (Å²) in [4.78, 5) is 4.97. The Morgan fingerprint density at radius 3 is 2.75 bits per heavy atom. The molecule has 0 amide bonds. The number of rotatable bonds is 7. The standard InChI is InChI=1S/C19H27N3O2/c20-13-16-4-1-7-19(12-16)24-11-10-21-8-2-5-17(21)14-22-9-3-6-18(22)15-23/h1,4,7,12,17-18,23H,2-3,5-6,8-11,14-15H2. The fourth-order valence-electron chi connectivity index (χ4n) is 3.95. The van der Waals surface area contributed by atoms with Crippen molar-refractivity contribution in [2.24, 2.45) is 0 Å². The lowest BCUT2D eigenvalue weighted by Gasteiger charge is -2.31. The van der Waals surface area contributed by atoms with Crippen LogP contribution in [0.5, 0.6) is 5.75 Å². The highest BCUT2D eigenvalue weighted by Crippen LogP contribution is 2.23. The summed E-state index contributed by atoms with van der Waals surface area (Å²) in [5.74, 6) is 0.768. The molecule has 0 saturated carbocycles. The van der Waals surface area contributed by atoms with Crippen LogP contribution in [0.4, 0.5) is 0 Å². The minimum absolute atomic E-state index is 0.283. The Balaban J connectivity index is 1.46. The number of aliphatic hydroxyl groups excluding tert-OH is 1. The largest absolute Gasteiger partial charge is 0.492 e. The average molecular weight is 329 g/mol. The van der Waals surface area contributed by atoms with E-state index < -0.39 is 0 Å². The molecule has 130 valence electrons. The first kappa shape index (κ1) is 17.2. The molecule has 1 aromatic rings. The molecular formula is C19H27N3O2. The second kappa shape index (κ2) is 8.48. The van der Waals surface area contributed by atoms with E-state index in [1.54, 1.807) is 12.1 Å². The van der Waals surface area contributed by atoms with Gasteiger partial charge in [-0.3, -0.25) is 9.80 Å². The predicted octanol–water partition coefficient (Wildman–Crippen LogP) is 1.86. The molecule has 0 radical (unpaired) electrons. The number of hydrogen-bond donors (Lipinski definition) is 1. The zero-order chi connectivity index (χ0) is 16.8. The van der Waals surface area contributed by atoms with E-state index in [-0.39, 0.29) is 6.61 Å². The smallest absolute Gasteiger partial charge is 0.120 e. The SMILES string of the molecule is N#Cc1cccc(OCCN2CCCC2CN2CCCC2CO)c1. The molecule has 5 nitrogen and oxygen atoms in total. The monoisotopic (exact) mass is 329 g/mol. The minimum atomic E-state index is 0.283. The number of nitriles is 1. The second-order valence-corrected chi connectivity index (χ2v) is 6.79. The summed E-state index contributed by atoms with van der Waals surface area (Å²) < 4.78 is 5.82. The molecular weight excluding hydrogens is 302 g/mol. The van der Waals surface area contributed by atoms with Crippen molar-refractivity contribution in [2.75, 3.05) is 39.4 Å². The molecule has 2 saturated heterocycles. The molecule has 2 heterocycles. The number of nitrogens with zero attached hydrogens (tertiary/aromatic N) is 3. The van der Waals surface area contributed by atoms with Crippen LogP contribution in [0.25, 0.3) is 0 Å². The van der Waals surface area contributed by atoms with E-state index in [0.717, 1.165) is 38.3 Å². The Kier molecular flexibility index (Phi) is 6.08. The van der Waals surface area contributed by atoms with E-state index in [4.69, 9.17) is 10.00 Å². The van der Waals surface area contributed by atoms with Gasteiger partial charge in [-0.2, -0.15) is 5.26 Å². The molecule has 2 aliphatic heterocycles. The molecule has 0 bridgehead atoms. The first-order valence-electron chi connectivity index (χ1n) is 9.02. The Labute approximate surface area is 144 Å². The van der Waals surface area contributed by atoms with E-state index >= 15 is 0 Å². The first-order chi connectivity index (χ1) is 11.8. The van der Waals surface area contributed by atoms with Crippen molar-refractivity contribution in [1.29, 1.82) is 5.26 Å². The summed E-state index contributed by atoms with van der Waals surface area (Å²) in [5, 5.41) is 18.4. The van der Waals surface area contributed by atoms with Crippen LogP contribution in [0.2, 0.25) is 0 Å². The third kappa shape index (κ3) is 4.27. The molecule has 0 spiro atoms. The van der Waals surface area contributed by atoms with Crippen LogP contribution in [-0.2, 0) is 0 Å². The fourth-order valence-corrected chi connectivity index (χ4v) is 3.95. The molecule has 2 atom stereocenters. The number of ether oxygens (including phenoxy) is 1. The van der Waals surface area contributed by atoms with Crippen LogP contribution in [-0.4, -0.2) is 66.4 Å². The van der Waals surface area contributed by atoms with Crippen molar-refractivity contribution in [3.8, 4) is 11.8 Å². The highest BCUT2D eigenvalue weighted by atomic mass is 16.5. The van der Waals surface area contributed by atoms with Gasteiger partial charge in [-0.15, -0.1) is 0 Å². The third-order valence-corrected chi connectivity index (χ3v) is 5.26. The van der Waals surface area contributed by atoms with Crippen molar-refractivity contribution in [1.82, 2.24) is 9.80 Å². The van der Waals surface area contributed by atoms with Crippen molar-refractivity contribution >= 4 is 0 Å². The van der Waals surface area contributed by atoms with Crippen LogP contribution >= 0.6 is 0 Å².